The topological polar surface area (TPSA) is 28.2 Å². The second-order valence-corrected chi connectivity index (χ2v) is 4.85. The molecule has 0 bridgehead atoms. The molecule has 3 nitrogen and oxygen atoms in total. The Labute approximate surface area is 113 Å². The van der Waals surface area contributed by atoms with Crippen molar-refractivity contribution in [3.63, 3.8) is 0 Å². The maximum atomic E-state index is 4.56. The van der Waals surface area contributed by atoms with E-state index >= 15 is 0 Å². The zero-order valence-corrected chi connectivity index (χ0v) is 11.0. The van der Waals surface area contributed by atoms with Crippen molar-refractivity contribution in [1.82, 2.24) is 15.2 Å². The number of hydrogen-bond donors (Lipinski definition) is 1. The Bertz CT molecular complexity index is 587. The Morgan fingerprint density at radius 2 is 2.21 bits per heavy atom. The number of aryl methyl sites for hydroxylation is 1. The van der Waals surface area contributed by atoms with Crippen LogP contribution in [0, 0.1) is 6.92 Å². The van der Waals surface area contributed by atoms with Crippen LogP contribution >= 0.6 is 0 Å². The van der Waals surface area contributed by atoms with Crippen molar-refractivity contribution in [2.45, 2.75) is 13.5 Å². The smallest absolute Gasteiger partial charge is 0.0870 e. The maximum absolute atomic E-state index is 4.56. The largest absolute Gasteiger partial charge is 0.373 e. The van der Waals surface area contributed by atoms with Crippen molar-refractivity contribution in [3.8, 4) is 11.3 Å². The number of aromatic nitrogens is 1. The van der Waals surface area contributed by atoms with Gasteiger partial charge in [-0.15, -0.1) is 0 Å². The molecule has 0 radical (unpaired) electrons. The summed E-state index contributed by atoms with van der Waals surface area (Å²) >= 11 is 0. The monoisotopic (exact) mass is 251 g/mol. The molecule has 1 aliphatic heterocycles. The highest BCUT2D eigenvalue weighted by Crippen LogP contribution is 2.18. The SMILES string of the molecule is Cc1cccc(-c2ccc(CN3C=CNC3)cn2)c1. The van der Waals surface area contributed by atoms with E-state index < -0.39 is 0 Å². The molecule has 0 spiro atoms. The molecule has 1 N–H and O–H groups in total. The molecule has 96 valence electrons. The highest BCUT2D eigenvalue weighted by atomic mass is 15.2. The number of nitrogens with zero attached hydrogens (tertiary/aromatic N) is 2. The first-order chi connectivity index (χ1) is 9.31. The number of hydrogen-bond acceptors (Lipinski definition) is 3. The Hall–Kier alpha value is -2.29. The Morgan fingerprint density at radius 1 is 1.26 bits per heavy atom. The van der Waals surface area contributed by atoms with Crippen LogP contribution in [0.1, 0.15) is 11.1 Å². The van der Waals surface area contributed by atoms with Gasteiger partial charge in [0.05, 0.1) is 12.4 Å². The second kappa shape index (κ2) is 5.14. The van der Waals surface area contributed by atoms with Crippen molar-refractivity contribution < 1.29 is 0 Å². The molecule has 2 aromatic rings. The van der Waals surface area contributed by atoms with Crippen molar-refractivity contribution in [1.29, 1.82) is 0 Å². The molecule has 1 aliphatic rings. The molecule has 0 unspecified atom stereocenters. The van der Waals surface area contributed by atoms with Gasteiger partial charge in [0.2, 0.25) is 0 Å². The lowest BCUT2D eigenvalue weighted by molar-refractivity contribution is 0.384. The van der Waals surface area contributed by atoms with Gasteiger partial charge in [-0.2, -0.15) is 0 Å². The number of rotatable bonds is 3. The first kappa shape index (κ1) is 11.8. The van der Waals surface area contributed by atoms with E-state index in [1.165, 1.54) is 16.7 Å². The first-order valence-corrected chi connectivity index (χ1v) is 6.47. The van der Waals surface area contributed by atoms with Crippen LogP contribution in [0.4, 0.5) is 0 Å². The lowest BCUT2D eigenvalue weighted by Gasteiger charge is -2.14. The van der Waals surface area contributed by atoms with E-state index in [-0.39, 0.29) is 0 Å². The highest BCUT2D eigenvalue weighted by molar-refractivity contribution is 5.59. The predicted molar refractivity (Wildman–Crippen MR) is 77.1 cm³/mol. The van der Waals surface area contributed by atoms with E-state index in [0.717, 1.165) is 18.9 Å². The molecule has 2 heterocycles. The van der Waals surface area contributed by atoms with Crippen molar-refractivity contribution in [3.05, 3.63) is 66.1 Å². The molecular weight excluding hydrogens is 234 g/mol. The van der Waals surface area contributed by atoms with E-state index in [9.17, 15) is 0 Å². The molecule has 0 aliphatic carbocycles. The highest BCUT2D eigenvalue weighted by Gasteiger charge is 2.05. The van der Waals surface area contributed by atoms with Crippen molar-refractivity contribution in [2.24, 2.45) is 0 Å². The van der Waals surface area contributed by atoms with Gasteiger partial charge in [-0.25, -0.2) is 0 Å². The summed E-state index contributed by atoms with van der Waals surface area (Å²) in [6, 6.07) is 12.7. The van der Waals surface area contributed by atoms with Crippen LogP contribution in [0.3, 0.4) is 0 Å². The van der Waals surface area contributed by atoms with Gasteiger partial charge >= 0.3 is 0 Å². The third kappa shape index (κ3) is 2.76. The average molecular weight is 251 g/mol. The van der Waals surface area contributed by atoms with Crippen molar-refractivity contribution >= 4 is 0 Å². The van der Waals surface area contributed by atoms with E-state index in [4.69, 9.17) is 0 Å². The molecule has 3 heteroatoms. The quantitative estimate of drug-likeness (QED) is 0.909. The number of nitrogens with one attached hydrogen (secondary N) is 1. The fraction of sp³-hybridized carbons (Fsp3) is 0.188. The summed E-state index contributed by atoms with van der Waals surface area (Å²) in [6.07, 6.45) is 5.99. The molecule has 19 heavy (non-hydrogen) atoms. The zero-order chi connectivity index (χ0) is 13.1. The normalized spacial score (nSPS) is 13.6. The predicted octanol–water partition coefficient (Wildman–Crippen LogP) is 2.89. The number of pyridine rings is 1. The zero-order valence-electron chi connectivity index (χ0n) is 11.0. The van der Waals surface area contributed by atoms with Gasteiger partial charge in [0.1, 0.15) is 0 Å². The van der Waals surface area contributed by atoms with Gasteiger partial charge in [-0.3, -0.25) is 4.98 Å². The standard InChI is InChI=1S/C16H17N3/c1-13-3-2-4-15(9-13)16-6-5-14(10-18-16)11-19-8-7-17-12-19/h2-10,17H,11-12H2,1H3. The van der Waals surface area contributed by atoms with Crippen LogP contribution in [-0.4, -0.2) is 16.6 Å². The van der Waals surface area contributed by atoms with E-state index in [0.29, 0.717) is 0 Å². The van der Waals surface area contributed by atoms with Gasteiger partial charge in [-0.1, -0.05) is 29.8 Å². The lowest BCUT2D eigenvalue weighted by Crippen LogP contribution is -2.19. The average Bonchev–Trinajstić information content (AvgIpc) is 2.92. The molecule has 0 fully saturated rings. The van der Waals surface area contributed by atoms with E-state index in [2.05, 4.69) is 64.7 Å². The van der Waals surface area contributed by atoms with E-state index in [1.54, 1.807) is 0 Å². The van der Waals surface area contributed by atoms with Crippen LogP contribution in [0.2, 0.25) is 0 Å². The molecule has 0 atom stereocenters. The van der Waals surface area contributed by atoms with Crippen LogP contribution in [-0.2, 0) is 6.54 Å². The summed E-state index contributed by atoms with van der Waals surface area (Å²) in [7, 11) is 0. The lowest BCUT2D eigenvalue weighted by atomic mass is 10.1. The molecule has 0 amide bonds. The molecule has 1 aromatic heterocycles. The summed E-state index contributed by atoms with van der Waals surface area (Å²) in [5, 5.41) is 3.16. The van der Waals surface area contributed by atoms with Gasteiger partial charge in [0, 0.05) is 30.7 Å². The third-order valence-electron chi connectivity index (χ3n) is 3.22. The Kier molecular flexibility index (Phi) is 3.19. The van der Waals surface area contributed by atoms with Gasteiger partial charge in [0.25, 0.3) is 0 Å². The minimum absolute atomic E-state index is 0.875. The third-order valence-corrected chi connectivity index (χ3v) is 3.22. The summed E-state index contributed by atoms with van der Waals surface area (Å²) in [5.74, 6) is 0. The minimum Gasteiger partial charge on any atom is -0.373 e. The van der Waals surface area contributed by atoms with Crippen molar-refractivity contribution in [2.75, 3.05) is 6.67 Å². The first-order valence-electron chi connectivity index (χ1n) is 6.47. The molecule has 1 aromatic carbocycles. The van der Waals surface area contributed by atoms with Crippen LogP contribution in [0.15, 0.2) is 55.0 Å². The fourth-order valence-corrected chi connectivity index (χ4v) is 2.22. The van der Waals surface area contributed by atoms with Gasteiger partial charge in [-0.05, 0) is 24.6 Å². The van der Waals surface area contributed by atoms with Crippen LogP contribution in [0.25, 0.3) is 11.3 Å². The van der Waals surface area contributed by atoms with Crippen LogP contribution < -0.4 is 5.32 Å². The summed E-state index contributed by atoms with van der Waals surface area (Å²) in [5.41, 5.74) is 4.69. The molecule has 0 saturated carbocycles. The summed E-state index contributed by atoms with van der Waals surface area (Å²) < 4.78 is 0. The fourth-order valence-electron chi connectivity index (χ4n) is 2.22. The summed E-state index contributed by atoms with van der Waals surface area (Å²) in [4.78, 5) is 6.77. The minimum atomic E-state index is 0.875. The maximum Gasteiger partial charge on any atom is 0.0870 e. The Morgan fingerprint density at radius 3 is 2.89 bits per heavy atom. The Balaban J connectivity index is 1.76. The van der Waals surface area contributed by atoms with E-state index in [1.807, 2.05) is 12.4 Å². The van der Waals surface area contributed by atoms with Gasteiger partial charge in [0.15, 0.2) is 0 Å². The number of benzene rings is 1. The second-order valence-electron chi connectivity index (χ2n) is 4.85. The molecule has 0 saturated heterocycles. The summed E-state index contributed by atoms with van der Waals surface area (Å²) in [6.45, 7) is 3.87. The molecular formula is C16H17N3. The van der Waals surface area contributed by atoms with Gasteiger partial charge < -0.3 is 10.2 Å². The van der Waals surface area contributed by atoms with Crippen LogP contribution in [0.5, 0.6) is 0 Å². The molecule has 3 rings (SSSR count).